The molecule has 0 aliphatic carbocycles. The fourth-order valence-electron chi connectivity index (χ4n) is 1.74. The Labute approximate surface area is 90.3 Å². The first kappa shape index (κ1) is 8.91. The highest BCUT2D eigenvalue weighted by Crippen LogP contribution is 2.08. The van der Waals surface area contributed by atoms with Crippen LogP contribution in [0.5, 0.6) is 0 Å². The molecular weight excluding hydrogens is 204 g/mol. The molecule has 4 nitrogen and oxygen atoms in total. The van der Waals surface area contributed by atoms with Gasteiger partial charge in [0.05, 0.1) is 11.0 Å². The van der Waals surface area contributed by atoms with Gasteiger partial charge in [0.1, 0.15) is 0 Å². The van der Waals surface area contributed by atoms with Gasteiger partial charge in [0.15, 0.2) is 0 Å². The lowest BCUT2D eigenvalue weighted by Crippen LogP contribution is -2.28. The number of amides is 1. The Balaban J connectivity index is 2.46. The molecule has 0 saturated carbocycles. The van der Waals surface area contributed by atoms with Crippen LogP contribution in [0, 0.1) is 0 Å². The van der Waals surface area contributed by atoms with Gasteiger partial charge in [-0.15, -0.1) is 0 Å². The van der Waals surface area contributed by atoms with Gasteiger partial charge in [-0.25, -0.2) is 4.99 Å². The summed E-state index contributed by atoms with van der Waals surface area (Å²) in [5, 5.41) is 1.33. The molecule has 76 valence electrons. The van der Waals surface area contributed by atoms with Crippen LogP contribution in [0.1, 0.15) is 5.56 Å². The van der Waals surface area contributed by atoms with Crippen LogP contribution < -0.4 is 10.6 Å². The van der Waals surface area contributed by atoms with E-state index in [1.807, 2.05) is 6.07 Å². The molecule has 1 aromatic carbocycles. The number of ketones is 1. The molecule has 0 atom stereocenters. The summed E-state index contributed by atoms with van der Waals surface area (Å²) in [6.07, 6.45) is 6.30. The predicted octanol–water partition coefficient (Wildman–Crippen LogP) is -0.0749. The molecule has 0 saturated heterocycles. The normalized spacial score (nSPS) is 16.2. The van der Waals surface area contributed by atoms with Crippen LogP contribution in [0.4, 0.5) is 5.69 Å². The maximum Gasteiger partial charge on any atom is 0.317 e. The van der Waals surface area contributed by atoms with Gasteiger partial charge in [0.25, 0.3) is 0 Å². The maximum absolute atomic E-state index is 11.4. The van der Waals surface area contributed by atoms with E-state index in [1.54, 1.807) is 24.4 Å². The highest BCUT2D eigenvalue weighted by atomic mass is 16.2. The number of hydrogen-bond donors (Lipinski definition) is 0. The highest BCUT2D eigenvalue weighted by molar-refractivity contribution is 6.42. The van der Waals surface area contributed by atoms with E-state index in [-0.39, 0.29) is 0 Å². The Bertz CT molecular complexity index is 696. The van der Waals surface area contributed by atoms with Gasteiger partial charge in [0, 0.05) is 17.0 Å². The van der Waals surface area contributed by atoms with E-state index in [9.17, 15) is 9.59 Å². The molecule has 4 heteroatoms. The van der Waals surface area contributed by atoms with Gasteiger partial charge in [-0.3, -0.25) is 14.6 Å². The summed E-state index contributed by atoms with van der Waals surface area (Å²) in [4.78, 5) is 30.5. The molecule has 0 unspecified atom stereocenters. The monoisotopic (exact) mass is 210 g/mol. The van der Waals surface area contributed by atoms with Crippen molar-refractivity contribution in [1.82, 2.24) is 0 Å². The number of rotatable bonds is 0. The lowest BCUT2D eigenvalue weighted by molar-refractivity contribution is -0.133. The Morgan fingerprint density at radius 3 is 2.81 bits per heavy atom. The van der Waals surface area contributed by atoms with E-state index in [2.05, 4.69) is 9.98 Å². The number of carbonyl (C=O) groups excluding carboxylic acids is 2. The van der Waals surface area contributed by atoms with E-state index < -0.39 is 11.7 Å². The van der Waals surface area contributed by atoms with Gasteiger partial charge in [-0.1, -0.05) is 6.07 Å². The average molecular weight is 210 g/mol. The first-order valence-corrected chi connectivity index (χ1v) is 4.78. The second-order valence-electron chi connectivity index (χ2n) is 3.50. The van der Waals surface area contributed by atoms with Crippen molar-refractivity contribution in [2.24, 2.45) is 9.98 Å². The molecule has 0 spiro atoms. The van der Waals surface area contributed by atoms with Crippen molar-refractivity contribution >= 4 is 35.7 Å². The minimum Gasteiger partial charge on any atom is -0.284 e. The predicted molar refractivity (Wildman–Crippen MR) is 58.9 cm³/mol. The minimum atomic E-state index is -0.733. The molecule has 0 aromatic heterocycles. The lowest BCUT2D eigenvalue weighted by atomic mass is 10.1. The van der Waals surface area contributed by atoms with E-state index in [0.717, 1.165) is 16.5 Å². The van der Waals surface area contributed by atoms with Crippen molar-refractivity contribution in [2.75, 3.05) is 0 Å². The summed E-state index contributed by atoms with van der Waals surface area (Å²) in [6.45, 7) is 0. The molecule has 2 aliphatic heterocycles. The summed E-state index contributed by atoms with van der Waals surface area (Å²) in [7, 11) is 0. The third-order valence-corrected chi connectivity index (χ3v) is 2.52. The van der Waals surface area contributed by atoms with E-state index in [0.29, 0.717) is 5.36 Å². The van der Waals surface area contributed by atoms with Gasteiger partial charge >= 0.3 is 5.91 Å². The van der Waals surface area contributed by atoms with Gasteiger partial charge in [0.2, 0.25) is 5.78 Å². The zero-order valence-electron chi connectivity index (χ0n) is 8.18. The summed E-state index contributed by atoms with van der Waals surface area (Å²) < 4.78 is 0. The van der Waals surface area contributed by atoms with Crippen molar-refractivity contribution in [3.05, 3.63) is 34.3 Å². The molecule has 16 heavy (non-hydrogen) atoms. The van der Waals surface area contributed by atoms with Crippen LogP contribution >= 0.6 is 0 Å². The van der Waals surface area contributed by atoms with E-state index in [1.165, 1.54) is 6.08 Å². The number of hydrogen-bond acceptors (Lipinski definition) is 3. The Morgan fingerprint density at radius 1 is 1.06 bits per heavy atom. The third kappa shape index (κ3) is 1.16. The molecule has 1 aromatic rings. The molecule has 0 radical (unpaired) electrons. The first-order chi connectivity index (χ1) is 7.75. The minimum absolute atomic E-state index is 0.530. The third-order valence-electron chi connectivity index (χ3n) is 2.52. The summed E-state index contributed by atoms with van der Waals surface area (Å²) in [5.74, 6) is -1.33. The van der Waals surface area contributed by atoms with Gasteiger partial charge in [-0.2, -0.15) is 0 Å². The summed E-state index contributed by atoms with van der Waals surface area (Å²) >= 11 is 0. The Morgan fingerprint density at radius 2 is 1.94 bits per heavy atom. The van der Waals surface area contributed by atoms with Crippen LogP contribution in [0.15, 0.2) is 28.2 Å². The fraction of sp³-hybridized carbons (Fsp3) is 0. The number of fused-ring (bicyclic) bond motifs is 3. The second-order valence-corrected chi connectivity index (χ2v) is 3.50. The number of nitrogens with zero attached hydrogens (tertiary/aromatic N) is 2. The molecule has 2 aliphatic rings. The Kier molecular flexibility index (Phi) is 1.71. The quantitative estimate of drug-likeness (QED) is 0.562. The molecular formula is C12H6N2O2. The van der Waals surface area contributed by atoms with Crippen LogP contribution in [-0.4, -0.2) is 17.9 Å². The van der Waals surface area contributed by atoms with Gasteiger partial charge in [-0.05, 0) is 24.3 Å². The number of carbonyl (C=O) groups is 2. The average Bonchev–Trinajstić information content (AvgIpc) is 2.70. The SMILES string of the molecule is O=C1C=Cc2ccc3c(c2=NC1=O)=CC=N3. The molecule has 3 rings (SSSR count). The smallest absolute Gasteiger partial charge is 0.284 e. The summed E-state index contributed by atoms with van der Waals surface area (Å²) in [6, 6.07) is 3.64. The molecule has 0 fully saturated rings. The lowest BCUT2D eigenvalue weighted by Gasteiger charge is -1.95. The van der Waals surface area contributed by atoms with Crippen molar-refractivity contribution in [3.63, 3.8) is 0 Å². The molecule has 2 heterocycles. The number of aliphatic imine (C=N–C) groups is 1. The molecule has 0 bridgehead atoms. The van der Waals surface area contributed by atoms with Crippen molar-refractivity contribution in [1.29, 1.82) is 0 Å². The van der Waals surface area contributed by atoms with Crippen molar-refractivity contribution in [3.8, 4) is 0 Å². The van der Waals surface area contributed by atoms with Crippen LogP contribution in [0.25, 0.3) is 12.2 Å². The Hall–Kier alpha value is -2.36. The maximum atomic E-state index is 11.4. The standard InChI is InChI=1S/C12H6N2O2/c15-10-4-2-7-1-3-9-8(5-6-13-9)11(7)14-12(10)16/h1-6H. The zero-order chi connectivity index (χ0) is 11.1. The van der Waals surface area contributed by atoms with Gasteiger partial charge < -0.3 is 0 Å². The largest absolute Gasteiger partial charge is 0.317 e. The first-order valence-electron chi connectivity index (χ1n) is 4.78. The second kappa shape index (κ2) is 3.06. The van der Waals surface area contributed by atoms with Crippen molar-refractivity contribution < 1.29 is 9.59 Å². The number of benzene rings is 1. The molecule has 1 amide bonds. The molecule has 0 N–H and O–H groups in total. The fourth-order valence-corrected chi connectivity index (χ4v) is 1.74. The van der Waals surface area contributed by atoms with E-state index >= 15 is 0 Å². The topological polar surface area (TPSA) is 58.9 Å². The van der Waals surface area contributed by atoms with Crippen LogP contribution in [-0.2, 0) is 9.59 Å². The van der Waals surface area contributed by atoms with Crippen molar-refractivity contribution in [2.45, 2.75) is 0 Å². The van der Waals surface area contributed by atoms with Crippen LogP contribution in [0.3, 0.4) is 0 Å². The zero-order valence-corrected chi connectivity index (χ0v) is 8.18. The highest BCUT2D eigenvalue weighted by Gasteiger charge is 2.14. The van der Waals surface area contributed by atoms with Crippen LogP contribution in [0.2, 0.25) is 0 Å². The van der Waals surface area contributed by atoms with E-state index in [4.69, 9.17) is 0 Å². The summed E-state index contributed by atoms with van der Waals surface area (Å²) in [5.41, 5.74) is 1.54.